The average Bonchev–Trinajstić information content (AvgIpc) is 2.61. The monoisotopic (exact) mass is 380 g/mol. The zero-order valence-corrected chi connectivity index (χ0v) is 14.1. The first-order chi connectivity index (χ1) is 12.4. The Hall–Kier alpha value is -3.00. The second-order valence-corrected chi connectivity index (χ2v) is 5.65. The van der Waals surface area contributed by atoms with Crippen molar-refractivity contribution in [3.63, 3.8) is 0 Å². The molecule has 0 saturated carbocycles. The normalized spacial score (nSPS) is 10.8. The Morgan fingerprint density at radius 3 is 2.65 bits per heavy atom. The van der Waals surface area contributed by atoms with Crippen LogP contribution in [0.2, 0.25) is 5.02 Å². The van der Waals surface area contributed by atoms with E-state index in [1.807, 2.05) is 0 Å². The van der Waals surface area contributed by atoms with Crippen molar-refractivity contribution in [3.05, 3.63) is 69.0 Å². The third-order valence-corrected chi connectivity index (χ3v) is 4.06. The molecule has 0 radical (unpaired) electrons. The molecule has 0 amide bonds. The van der Waals surface area contributed by atoms with E-state index < -0.39 is 22.2 Å². The van der Waals surface area contributed by atoms with Gasteiger partial charge in [0, 0.05) is 34.8 Å². The van der Waals surface area contributed by atoms with Gasteiger partial charge in [0.2, 0.25) is 5.82 Å². The number of aromatic nitrogens is 1. The lowest BCUT2D eigenvalue weighted by Gasteiger charge is -2.13. The van der Waals surface area contributed by atoms with E-state index in [0.29, 0.717) is 10.8 Å². The molecule has 2 aromatic carbocycles. The number of fused-ring (bicyclic) bond motifs is 1. The first-order valence-electron chi connectivity index (χ1n) is 7.27. The Morgan fingerprint density at radius 1 is 1.19 bits per heavy atom. The maximum Gasteiger partial charge on any atom is 0.308 e. The number of nitrogens with zero attached hydrogens (tertiary/aromatic N) is 2. The predicted octanol–water partition coefficient (Wildman–Crippen LogP) is 4.66. The van der Waals surface area contributed by atoms with E-state index in [1.54, 1.807) is 6.07 Å². The number of benzene rings is 2. The predicted molar refractivity (Wildman–Crippen MR) is 90.6 cm³/mol. The second kappa shape index (κ2) is 7.09. The van der Waals surface area contributed by atoms with Crippen LogP contribution in [-0.2, 0) is 6.61 Å². The lowest BCUT2D eigenvalue weighted by atomic mass is 10.1. The van der Waals surface area contributed by atoms with Gasteiger partial charge in [-0.3, -0.25) is 15.1 Å². The van der Waals surface area contributed by atoms with Gasteiger partial charge in [0.1, 0.15) is 12.4 Å². The van der Waals surface area contributed by atoms with Crippen LogP contribution in [0.5, 0.6) is 11.5 Å². The van der Waals surface area contributed by atoms with Gasteiger partial charge in [0.25, 0.3) is 0 Å². The minimum absolute atomic E-state index is 0.0510. The summed E-state index contributed by atoms with van der Waals surface area (Å²) in [5, 5.41) is 12.1. The fraction of sp³-hybridized carbons (Fsp3) is 0.118. The van der Waals surface area contributed by atoms with Crippen LogP contribution in [0.25, 0.3) is 10.8 Å². The Balaban J connectivity index is 2.01. The summed E-state index contributed by atoms with van der Waals surface area (Å²) in [5.41, 5.74) is -0.615. The standard InChI is InChI=1S/C17H11ClF2N2O4/c1-25-16-5-14(20)15(22(23)24)6-17(16)26-8-11-10-7-21-3-2-9(10)12(18)4-13(11)19/h2-7H,8H2,1H3. The quantitative estimate of drug-likeness (QED) is 0.475. The van der Waals surface area contributed by atoms with Crippen LogP contribution in [0.1, 0.15) is 5.56 Å². The number of nitro groups is 1. The molecule has 0 saturated heterocycles. The third kappa shape index (κ3) is 3.23. The summed E-state index contributed by atoms with van der Waals surface area (Å²) in [7, 11) is 1.26. The van der Waals surface area contributed by atoms with Gasteiger partial charge in [-0.2, -0.15) is 4.39 Å². The smallest absolute Gasteiger partial charge is 0.308 e. The molecule has 3 rings (SSSR count). The Bertz CT molecular complexity index is 1010. The van der Waals surface area contributed by atoms with Gasteiger partial charge in [0.15, 0.2) is 11.5 Å². The molecule has 6 nitrogen and oxygen atoms in total. The molecule has 3 aromatic rings. The molecule has 9 heteroatoms. The van der Waals surface area contributed by atoms with Gasteiger partial charge in [-0.25, -0.2) is 4.39 Å². The number of nitro benzene ring substituents is 1. The lowest BCUT2D eigenvalue weighted by Crippen LogP contribution is -2.03. The van der Waals surface area contributed by atoms with Crippen molar-refractivity contribution in [2.24, 2.45) is 0 Å². The summed E-state index contributed by atoms with van der Waals surface area (Å²) < 4.78 is 38.5. The fourth-order valence-corrected chi connectivity index (χ4v) is 2.74. The van der Waals surface area contributed by atoms with Crippen molar-refractivity contribution in [2.75, 3.05) is 7.11 Å². The van der Waals surface area contributed by atoms with Crippen molar-refractivity contribution in [2.45, 2.75) is 6.61 Å². The van der Waals surface area contributed by atoms with E-state index in [0.717, 1.165) is 18.2 Å². The highest BCUT2D eigenvalue weighted by atomic mass is 35.5. The Morgan fingerprint density at radius 2 is 1.96 bits per heavy atom. The van der Waals surface area contributed by atoms with Crippen molar-refractivity contribution < 1.29 is 23.2 Å². The van der Waals surface area contributed by atoms with Gasteiger partial charge in [-0.05, 0) is 12.1 Å². The summed E-state index contributed by atoms with van der Waals surface area (Å²) in [6.07, 6.45) is 2.95. The number of methoxy groups -OCH3 is 1. The molecule has 0 spiro atoms. The van der Waals surface area contributed by atoms with Crippen LogP contribution >= 0.6 is 11.6 Å². The van der Waals surface area contributed by atoms with Crippen LogP contribution in [-0.4, -0.2) is 17.0 Å². The highest BCUT2D eigenvalue weighted by Gasteiger charge is 2.21. The van der Waals surface area contributed by atoms with Crippen LogP contribution < -0.4 is 9.47 Å². The molecular weight excluding hydrogens is 370 g/mol. The number of rotatable bonds is 5. The lowest BCUT2D eigenvalue weighted by molar-refractivity contribution is -0.387. The fourth-order valence-electron chi connectivity index (χ4n) is 2.48. The van der Waals surface area contributed by atoms with Crippen LogP contribution in [0.4, 0.5) is 14.5 Å². The molecule has 0 unspecified atom stereocenters. The van der Waals surface area contributed by atoms with Crippen molar-refractivity contribution >= 4 is 28.1 Å². The van der Waals surface area contributed by atoms with E-state index in [2.05, 4.69) is 4.98 Å². The zero-order chi connectivity index (χ0) is 18.8. The molecular formula is C17H11ClF2N2O4. The highest BCUT2D eigenvalue weighted by Crippen LogP contribution is 2.35. The van der Waals surface area contributed by atoms with Gasteiger partial charge in [-0.15, -0.1) is 0 Å². The minimum Gasteiger partial charge on any atom is -0.493 e. The molecule has 0 atom stereocenters. The van der Waals surface area contributed by atoms with Gasteiger partial charge in [0.05, 0.1) is 23.1 Å². The molecule has 0 bridgehead atoms. The van der Waals surface area contributed by atoms with Crippen molar-refractivity contribution in [1.29, 1.82) is 0 Å². The summed E-state index contributed by atoms with van der Waals surface area (Å²) in [4.78, 5) is 14.0. The molecule has 0 aliphatic rings. The molecule has 0 fully saturated rings. The molecule has 1 heterocycles. The largest absolute Gasteiger partial charge is 0.493 e. The maximum atomic E-state index is 14.3. The third-order valence-electron chi connectivity index (χ3n) is 3.75. The van der Waals surface area contributed by atoms with Gasteiger partial charge < -0.3 is 9.47 Å². The summed E-state index contributed by atoms with van der Waals surface area (Å²) >= 11 is 6.03. The first-order valence-corrected chi connectivity index (χ1v) is 7.65. The summed E-state index contributed by atoms with van der Waals surface area (Å²) in [6, 6.07) is 4.50. The van der Waals surface area contributed by atoms with Crippen molar-refractivity contribution in [3.8, 4) is 11.5 Å². The number of halogens is 3. The number of hydrogen-bond donors (Lipinski definition) is 0. The second-order valence-electron chi connectivity index (χ2n) is 5.24. The maximum absolute atomic E-state index is 14.3. The zero-order valence-electron chi connectivity index (χ0n) is 13.3. The van der Waals surface area contributed by atoms with Crippen LogP contribution in [0, 0.1) is 21.7 Å². The minimum atomic E-state index is -1.06. The van der Waals surface area contributed by atoms with Crippen LogP contribution in [0.15, 0.2) is 36.7 Å². The molecule has 0 N–H and O–H groups in total. The SMILES string of the molecule is COc1cc(F)c([N+](=O)[O-])cc1OCc1c(F)cc(Cl)c2ccncc12. The molecule has 0 aliphatic carbocycles. The van der Waals surface area contributed by atoms with Crippen molar-refractivity contribution in [1.82, 2.24) is 4.98 Å². The Kier molecular flexibility index (Phi) is 4.85. The topological polar surface area (TPSA) is 74.5 Å². The van der Waals surface area contributed by atoms with Gasteiger partial charge >= 0.3 is 5.69 Å². The van der Waals surface area contributed by atoms with E-state index in [1.165, 1.54) is 19.5 Å². The average molecular weight is 381 g/mol. The van der Waals surface area contributed by atoms with E-state index in [9.17, 15) is 18.9 Å². The highest BCUT2D eigenvalue weighted by molar-refractivity contribution is 6.35. The van der Waals surface area contributed by atoms with E-state index in [-0.39, 0.29) is 28.7 Å². The van der Waals surface area contributed by atoms with E-state index in [4.69, 9.17) is 21.1 Å². The molecule has 1 aromatic heterocycles. The molecule has 134 valence electrons. The van der Waals surface area contributed by atoms with E-state index >= 15 is 0 Å². The van der Waals surface area contributed by atoms with Gasteiger partial charge in [-0.1, -0.05) is 11.6 Å². The first kappa shape index (κ1) is 17.8. The van der Waals surface area contributed by atoms with Crippen LogP contribution in [0.3, 0.4) is 0 Å². The summed E-state index contributed by atoms with van der Waals surface area (Å²) in [5.74, 6) is -1.82. The number of pyridine rings is 1. The summed E-state index contributed by atoms with van der Waals surface area (Å²) in [6.45, 7) is -0.287. The number of ether oxygens (including phenoxy) is 2. The number of hydrogen-bond acceptors (Lipinski definition) is 5. The Labute approximate surface area is 151 Å². The molecule has 0 aliphatic heterocycles. The molecule has 26 heavy (non-hydrogen) atoms.